The van der Waals surface area contributed by atoms with Crippen molar-refractivity contribution in [1.82, 2.24) is 5.06 Å². The van der Waals surface area contributed by atoms with Crippen LogP contribution in [0.1, 0.15) is 18.1 Å². The molecule has 0 aliphatic carbocycles. The number of hydrogen-bond donors (Lipinski definition) is 1. The molecule has 0 heterocycles. The topological polar surface area (TPSA) is 76.1 Å². The minimum Gasteiger partial charge on any atom is -0.301 e. The molecule has 26 heavy (non-hydrogen) atoms. The third kappa shape index (κ3) is 6.94. The molecule has 0 radical (unpaired) electrons. The van der Waals surface area contributed by atoms with Gasteiger partial charge in [-0.1, -0.05) is 66.7 Å². The van der Waals surface area contributed by atoms with E-state index in [1.54, 1.807) is 0 Å². The summed E-state index contributed by atoms with van der Waals surface area (Å²) in [5.74, 6) is 0.755. The normalized spacial score (nSPS) is 11.6. The molecule has 0 fully saturated rings. The predicted molar refractivity (Wildman–Crippen MR) is 98.4 cm³/mol. The number of carbonyl (C=O) groups excluding carboxylic acids is 1. The summed E-state index contributed by atoms with van der Waals surface area (Å²) in [6.07, 6.45) is 1.39. The van der Waals surface area contributed by atoms with E-state index in [4.69, 9.17) is 9.05 Å². The Hall–Kier alpha value is -2.24. The largest absolute Gasteiger partial charge is 0.354 e. The highest BCUT2D eigenvalue weighted by Crippen LogP contribution is 2.51. The monoisotopic (exact) mass is 375 g/mol. The Labute approximate surface area is 153 Å². The van der Waals surface area contributed by atoms with Crippen molar-refractivity contribution in [2.45, 2.75) is 20.1 Å². The fraction of sp³-hybridized carbons (Fsp3) is 0.211. The zero-order chi connectivity index (χ0) is 18.8. The van der Waals surface area contributed by atoms with Gasteiger partial charge in [-0.2, -0.15) is 0 Å². The molecule has 138 valence electrons. The number of hydrogen-bond acceptors (Lipinski definition) is 5. The zero-order valence-electron chi connectivity index (χ0n) is 14.5. The van der Waals surface area contributed by atoms with E-state index < -0.39 is 13.5 Å². The molecule has 0 bridgehead atoms. The number of rotatable bonds is 9. The Morgan fingerprint density at radius 3 is 1.88 bits per heavy atom. The van der Waals surface area contributed by atoms with Gasteiger partial charge in [-0.15, -0.1) is 0 Å². The van der Waals surface area contributed by atoms with Gasteiger partial charge in [-0.3, -0.25) is 14.6 Å². The molecule has 2 aromatic rings. The standard InChI is InChI=1S/C19H22NO5P/c1-17(21)20(22)13-8-14-26(23,24-15-18-9-4-2-5-10-18)25-16-19-11-6-3-7-12-19/h2-12,14,22H,13,15-16H2,1H3. The molecule has 0 aliphatic heterocycles. The number of hydroxylamine groups is 2. The van der Waals surface area contributed by atoms with Crippen molar-refractivity contribution >= 4 is 13.5 Å². The van der Waals surface area contributed by atoms with Gasteiger partial charge in [0.2, 0.25) is 5.91 Å². The summed E-state index contributed by atoms with van der Waals surface area (Å²) < 4.78 is 24.1. The molecule has 1 amide bonds. The van der Waals surface area contributed by atoms with Gasteiger partial charge in [0.1, 0.15) is 0 Å². The van der Waals surface area contributed by atoms with E-state index >= 15 is 0 Å². The van der Waals surface area contributed by atoms with Gasteiger partial charge < -0.3 is 9.05 Å². The molecule has 0 aliphatic rings. The number of nitrogens with zero attached hydrogens (tertiary/aromatic N) is 1. The summed E-state index contributed by atoms with van der Waals surface area (Å²) in [5, 5.41) is 9.91. The lowest BCUT2D eigenvalue weighted by atomic mass is 10.2. The lowest BCUT2D eigenvalue weighted by molar-refractivity contribution is -0.160. The second-order valence-electron chi connectivity index (χ2n) is 5.54. The molecular formula is C19H22NO5P. The van der Waals surface area contributed by atoms with E-state index in [0.717, 1.165) is 11.1 Å². The van der Waals surface area contributed by atoms with Crippen molar-refractivity contribution in [1.29, 1.82) is 0 Å². The number of benzene rings is 2. The summed E-state index contributed by atoms with van der Waals surface area (Å²) in [5.41, 5.74) is 1.72. The van der Waals surface area contributed by atoms with Crippen molar-refractivity contribution in [3.05, 3.63) is 83.7 Å². The van der Waals surface area contributed by atoms with E-state index in [0.29, 0.717) is 5.06 Å². The van der Waals surface area contributed by atoms with Crippen LogP contribution in [0, 0.1) is 0 Å². The van der Waals surface area contributed by atoms with Crippen LogP contribution in [0.2, 0.25) is 0 Å². The van der Waals surface area contributed by atoms with Crippen molar-refractivity contribution in [3.8, 4) is 0 Å². The average Bonchev–Trinajstić information content (AvgIpc) is 2.66. The molecule has 2 rings (SSSR count). The van der Waals surface area contributed by atoms with Crippen molar-refractivity contribution in [2.75, 3.05) is 6.54 Å². The predicted octanol–water partition coefficient (Wildman–Crippen LogP) is 4.36. The quantitative estimate of drug-likeness (QED) is 0.400. The molecular weight excluding hydrogens is 353 g/mol. The van der Waals surface area contributed by atoms with Gasteiger partial charge in [-0.25, -0.2) is 5.06 Å². The number of amides is 1. The van der Waals surface area contributed by atoms with E-state index in [-0.39, 0.29) is 19.8 Å². The molecule has 6 nitrogen and oxygen atoms in total. The van der Waals surface area contributed by atoms with Gasteiger partial charge in [0.05, 0.1) is 19.8 Å². The van der Waals surface area contributed by atoms with Crippen LogP contribution >= 0.6 is 7.60 Å². The fourth-order valence-electron chi connectivity index (χ4n) is 2.01. The van der Waals surface area contributed by atoms with Gasteiger partial charge in [-0.05, 0) is 11.1 Å². The van der Waals surface area contributed by atoms with Crippen LogP contribution in [0.5, 0.6) is 0 Å². The Bertz CT molecular complexity index is 717. The highest BCUT2D eigenvalue weighted by molar-refractivity contribution is 7.57. The Morgan fingerprint density at radius 2 is 1.46 bits per heavy atom. The van der Waals surface area contributed by atoms with Crippen LogP contribution in [-0.2, 0) is 31.6 Å². The third-order valence-electron chi connectivity index (χ3n) is 3.44. The molecule has 0 saturated heterocycles. The van der Waals surface area contributed by atoms with Gasteiger partial charge in [0.25, 0.3) is 0 Å². The van der Waals surface area contributed by atoms with E-state index in [9.17, 15) is 14.6 Å². The molecule has 0 saturated carbocycles. The highest BCUT2D eigenvalue weighted by atomic mass is 31.2. The first-order valence-corrected chi connectivity index (χ1v) is 9.71. The summed E-state index contributed by atoms with van der Waals surface area (Å²) in [6, 6.07) is 18.6. The Morgan fingerprint density at radius 1 is 1.00 bits per heavy atom. The van der Waals surface area contributed by atoms with Gasteiger partial charge in [0, 0.05) is 12.7 Å². The molecule has 0 aromatic heterocycles. The van der Waals surface area contributed by atoms with E-state index in [1.165, 1.54) is 18.8 Å². The summed E-state index contributed by atoms with van der Waals surface area (Å²) in [7, 11) is -3.57. The summed E-state index contributed by atoms with van der Waals surface area (Å²) in [6.45, 7) is 1.35. The third-order valence-corrected chi connectivity index (χ3v) is 4.99. The maximum atomic E-state index is 13.0. The maximum absolute atomic E-state index is 13.0. The van der Waals surface area contributed by atoms with Crippen molar-refractivity contribution < 1.29 is 23.6 Å². The fourth-order valence-corrected chi connectivity index (χ4v) is 3.26. The molecule has 0 atom stereocenters. The van der Waals surface area contributed by atoms with Crippen LogP contribution in [0.4, 0.5) is 0 Å². The second kappa shape index (κ2) is 10.0. The second-order valence-corrected chi connectivity index (χ2v) is 7.44. The lowest BCUT2D eigenvalue weighted by Gasteiger charge is -2.16. The smallest absolute Gasteiger partial charge is 0.301 e. The zero-order valence-corrected chi connectivity index (χ0v) is 15.4. The molecule has 7 heteroatoms. The lowest BCUT2D eigenvalue weighted by Crippen LogP contribution is -2.24. The van der Waals surface area contributed by atoms with Crippen molar-refractivity contribution in [2.24, 2.45) is 0 Å². The van der Waals surface area contributed by atoms with E-state index in [2.05, 4.69) is 0 Å². The van der Waals surface area contributed by atoms with Crippen LogP contribution in [-0.4, -0.2) is 22.7 Å². The SMILES string of the molecule is CC(=O)N(O)CC=CP(=O)(OCc1ccccc1)OCc1ccccc1. The van der Waals surface area contributed by atoms with Crippen LogP contribution < -0.4 is 0 Å². The minimum absolute atomic E-state index is 0.108. The number of carbonyl (C=O) groups is 1. The van der Waals surface area contributed by atoms with Crippen LogP contribution in [0.25, 0.3) is 0 Å². The molecule has 1 N–H and O–H groups in total. The molecule has 0 unspecified atom stereocenters. The first-order chi connectivity index (χ1) is 12.5. The Kier molecular flexibility index (Phi) is 7.75. The van der Waals surface area contributed by atoms with Gasteiger partial charge in [0.15, 0.2) is 0 Å². The summed E-state index contributed by atoms with van der Waals surface area (Å²) in [4.78, 5) is 11.0. The maximum Gasteiger partial charge on any atom is 0.354 e. The molecule has 0 spiro atoms. The van der Waals surface area contributed by atoms with Crippen LogP contribution in [0.3, 0.4) is 0 Å². The first kappa shape index (κ1) is 20.1. The summed E-state index contributed by atoms with van der Waals surface area (Å²) >= 11 is 0. The first-order valence-electron chi connectivity index (χ1n) is 8.10. The molecule has 2 aromatic carbocycles. The van der Waals surface area contributed by atoms with E-state index in [1.807, 2.05) is 60.7 Å². The van der Waals surface area contributed by atoms with Crippen molar-refractivity contribution in [3.63, 3.8) is 0 Å². The van der Waals surface area contributed by atoms with Gasteiger partial charge >= 0.3 is 7.60 Å². The highest BCUT2D eigenvalue weighted by Gasteiger charge is 2.21. The minimum atomic E-state index is -3.57. The Balaban J connectivity index is 2.04. The van der Waals surface area contributed by atoms with Crippen LogP contribution in [0.15, 0.2) is 72.6 Å². The average molecular weight is 375 g/mol.